The number of hydrogen-bond donors (Lipinski definition) is 2. The van der Waals surface area contributed by atoms with Gasteiger partial charge in [-0.25, -0.2) is 0 Å². The smallest absolute Gasteiger partial charge is 0.162 e. The van der Waals surface area contributed by atoms with Gasteiger partial charge in [0.05, 0.1) is 12.7 Å². The van der Waals surface area contributed by atoms with Gasteiger partial charge < -0.3 is 10.2 Å². The van der Waals surface area contributed by atoms with E-state index in [2.05, 4.69) is 6.58 Å². The lowest BCUT2D eigenvalue weighted by Crippen LogP contribution is -2.49. The van der Waals surface area contributed by atoms with Gasteiger partial charge in [-0.15, -0.1) is 0 Å². The van der Waals surface area contributed by atoms with Crippen LogP contribution in [-0.2, 0) is 4.79 Å². The Morgan fingerprint density at radius 1 is 1.61 bits per heavy atom. The van der Waals surface area contributed by atoms with E-state index in [0.717, 1.165) is 11.1 Å². The highest BCUT2D eigenvalue weighted by molar-refractivity contribution is 5.95. The standard InChI is InChI=1S/C15H22O3/c1-9(2)12-7-15(8-16)10(3)13(17)5-4-11(15)6-14(12)18/h6,10,12-13,16-17H,1,4-5,7-8H2,2-3H3/t10-,12-,13+,15-/m0/s1. The summed E-state index contributed by atoms with van der Waals surface area (Å²) in [7, 11) is 0. The molecule has 0 heterocycles. The van der Waals surface area contributed by atoms with E-state index in [-0.39, 0.29) is 24.2 Å². The van der Waals surface area contributed by atoms with Crippen molar-refractivity contribution in [3.63, 3.8) is 0 Å². The number of fused-ring (bicyclic) bond motifs is 1. The number of allylic oxidation sites excluding steroid dienone is 2. The van der Waals surface area contributed by atoms with E-state index in [9.17, 15) is 15.0 Å². The molecule has 0 bridgehead atoms. The molecule has 2 N–H and O–H groups in total. The zero-order chi connectivity index (χ0) is 13.5. The first-order valence-electron chi connectivity index (χ1n) is 6.61. The topological polar surface area (TPSA) is 57.5 Å². The minimum absolute atomic E-state index is 0.00583. The van der Waals surface area contributed by atoms with Crippen molar-refractivity contribution in [1.29, 1.82) is 0 Å². The first-order valence-corrected chi connectivity index (χ1v) is 6.61. The van der Waals surface area contributed by atoms with E-state index in [0.29, 0.717) is 19.3 Å². The fourth-order valence-electron chi connectivity index (χ4n) is 3.46. The number of aliphatic hydroxyl groups excluding tert-OH is 2. The highest BCUT2D eigenvalue weighted by Crippen LogP contribution is 2.52. The minimum atomic E-state index is -0.435. The van der Waals surface area contributed by atoms with Crippen molar-refractivity contribution in [1.82, 2.24) is 0 Å². The Morgan fingerprint density at radius 2 is 2.28 bits per heavy atom. The first kappa shape index (κ1) is 13.5. The van der Waals surface area contributed by atoms with Crippen molar-refractivity contribution in [2.75, 3.05) is 6.61 Å². The lowest BCUT2D eigenvalue weighted by molar-refractivity contribution is -0.121. The minimum Gasteiger partial charge on any atom is -0.395 e. The third-order valence-electron chi connectivity index (χ3n) is 4.90. The Labute approximate surface area is 108 Å². The van der Waals surface area contributed by atoms with Crippen molar-refractivity contribution in [3.05, 3.63) is 23.8 Å². The van der Waals surface area contributed by atoms with Gasteiger partial charge in [0.15, 0.2) is 5.78 Å². The van der Waals surface area contributed by atoms with Crippen LogP contribution in [0.15, 0.2) is 23.8 Å². The van der Waals surface area contributed by atoms with Gasteiger partial charge in [-0.1, -0.05) is 24.6 Å². The number of rotatable bonds is 2. The molecule has 2 rings (SSSR count). The van der Waals surface area contributed by atoms with Crippen LogP contribution in [0.3, 0.4) is 0 Å². The molecule has 0 unspecified atom stereocenters. The van der Waals surface area contributed by atoms with Crippen molar-refractivity contribution < 1.29 is 15.0 Å². The molecule has 2 aliphatic rings. The Kier molecular flexibility index (Phi) is 3.47. The van der Waals surface area contributed by atoms with Gasteiger partial charge in [-0.05, 0) is 38.2 Å². The van der Waals surface area contributed by atoms with E-state index >= 15 is 0 Å². The van der Waals surface area contributed by atoms with Crippen molar-refractivity contribution in [3.8, 4) is 0 Å². The number of ketones is 1. The maximum absolute atomic E-state index is 12.1. The average molecular weight is 250 g/mol. The summed E-state index contributed by atoms with van der Waals surface area (Å²) < 4.78 is 0. The summed E-state index contributed by atoms with van der Waals surface area (Å²) in [6.07, 6.45) is 3.28. The third kappa shape index (κ3) is 1.86. The molecule has 3 nitrogen and oxygen atoms in total. The number of carbonyl (C=O) groups excluding carboxylic acids is 1. The van der Waals surface area contributed by atoms with E-state index in [1.54, 1.807) is 6.08 Å². The molecular formula is C15H22O3. The van der Waals surface area contributed by atoms with Crippen LogP contribution in [0.4, 0.5) is 0 Å². The lowest BCUT2D eigenvalue weighted by atomic mass is 9.56. The van der Waals surface area contributed by atoms with Crippen LogP contribution in [0.1, 0.15) is 33.1 Å². The zero-order valence-corrected chi connectivity index (χ0v) is 11.1. The molecule has 0 saturated heterocycles. The summed E-state index contributed by atoms with van der Waals surface area (Å²) >= 11 is 0. The molecule has 0 aromatic carbocycles. The second-order valence-corrected chi connectivity index (χ2v) is 5.88. The van der Waals surface area contributed by atoms with E-state index in [1.165, 1.54) is 0 Å². The summed E-state index contributed by atoms with van der Waals surface area (Å²) in [6.45, 7) is 7.71. The highest BCUT2D eigenvalue weighted by atomic mass is 16.3. The van der Waals surface area contributed by atoms with Gasteiger partial charge in [0.25, 0.3) is 0 Å². The van der Waals surface area contributed by atoms with Gasteiger partial charge in [0.2, 0.25) is 0 Å². The molecule has 0 aromatic rings. The number of hydrogen-bond acceptors (Lipinski definition) is 3. The van der Waals surface area contributed by atoms with Crippen LogP contribution in [0.5, 0.6) is 0 Å². The van der Waals surface area contributed by atoms with Crippen LogP contribution in [0.2, 0.25) is 0 Å². The molecular weight excluding hydrogens is 228 g/mol. The second kappa shape index (κ2) is 4.63. The van der Waals surface area contributed by atoms with Crippen LogP contribution in [-0.4, -0.2) is 28.7 Å². The second-order valence-electron chi connectivity index (χ2n) is 5.88. The van der Waals surface area contributed by atoms with E-state index in [4.69, 9.17) is 0 Å². The lowest BCUT2D eigenvalue weighted by Gasteiger charge is -2.49. The maximum atomic E-state index is 12.1. The summed E-state index contributed by atoms with van der Waals surface area (Å²) in [5, 5.41) is 19.9. The molecule has 0 aromatic heterocycles. The molecule has 0 radical (unpaired) electrons. The quantitative estimate of drug-likeness (QED) is 0.735. The fraction of sp³-hybridized carbons (Fsp3) is 0.667. The van der Waals surface area contributed by atoms with Gasteiger partial charge in [-0.3, -0.25) is 4.79 Å². The number of carbonyl (C=O) groups is 1. The Balaban J connectivity index is 2.45. The SMILES string of the molecule is C=C(C)[C@@H]1C[C@@]2(CO)C(=CC1=O)CC[C@@H](O)[C@@H]2C. The third-order valence-corrected chi connectivity index (χ3v) is 4.90. The highest BCUT2D eigenvalue weighted by Gasteiger charge is 2.49. The maximum Gasteiger partial charge on any atom is 0.162 e. The van der Waals surface area contributed by atoms with Crippen LogP contribution in [0, 0.1) is 17.3 Å². The van der Waals surface area contributed by atoms with Gasteiger partial charge in [0, 0.05) is 11.3 Å². The largest absolute Gasteiger partial charge is 0.395 e. The van der Waals surface area contributed by atoms with Crippen molar-refractivity contribution in [2.24, 2.45) is 17.3 Å². The predicted molar refractivity (Wildman–Crippen MR) is 69.9 cm³/mol. The first-order chi connectivity index (χ1) is 8.42. The number of aliphatic hydroxyl groups is 2. The predicted octanol–water partition coefficient (Wildman–Crippen LogP) is 1.85. The Morgan fingerprint density at radius 3 is 2.83 bits per heavy atom. The Hall–Kier alpha value is -0.930. The fourth-order valence-corrected chi connectivity index (χ4v) is 3.46. The van der Waals surface area contributed by atoms with Crippen molar-refractivity contribution in [2.45, 2.75) is 39.2 Å². The van der Waals surface area contributed by atoms with Crippen LogP contribution in [0.25, 0.3) is 0 Å². The van der Waals surface area contributed by atoms with E-state index in [1.807, 2.05) is 13.8 Å². The molecule has 1 fully saturated rings. The zero-order valence-electron chi connectivity index (χ0n) is 11.1. The normalized spacial score (nSPS) is 40.1. The molecule has 2 aliphatic carbocycles. The summed E-state index contributed by atoms with van der Waals surface area (Å²) in [6, 6.07) is 0. The summed E-state index contributed by atoms with van der Waals surface area (Å²) in [5.41, 5.74) is 1.43. The molecule has 4 atom stereocenters. The summed E-state index contributed by atoms with van der Waals surface area (Å²) in [4.78, 5) is 12.1. The summed E-state index contributed by atoms with van der Waals surface area (Å²) in [5.74, 6) is -0.128. The monoisotopic (exact) mass is 250 g/mol. The molecule has 0 aliphatic heterocycles. The van der Waals surface area contributed by atoms with Crippen molar-refractivity contribution >= 4 is 5.78 Å². The molecule has 100 valence electrons. The van der Waals surface area contributed by atoms with E-state index < -0.39 is 11.5 Å². The molecule has 18 heavy (non-hydrogen) atoms. The van der Waals surface area contributed by atoms with Gasteiger partial charge in [-0.2, -0.15) is 0 Å². The molecule has 3 heteroatoms. The van der Waals surface area contributed by atoms with Crippen LogP contribution < -0.4 is 0 Å². The van der Waals surface area contributed by atoms with Crippen LogP contribution >= 0.6 is 0 Å². The van der Waals surface area contributed by atoms with Gasteiger partial charge in [0.1, 0.15) is 0 Å². The average Bonchev–Trinajstić information content (AvgIpc) is 2.34. The Bertz CT molecular complexity index is 410. The van der Waals surface area contributed by atoms with Gasteiger partial charge >= 0.3 is 0 Å². The molecule has 0 amide bonds. The molecule has 1 saturated carbocycles. The molecule has 0 spiro atoms.